The summed E-state index contributed by atoms with van der Waals surface area (Å²) in [6.45, 7) is 1.98. The zero-order valence-electron chi connectivity index (χ0n) is 16.2. The highest BCUT2D eigenvalue weighted by Gasteiger charge is 2.50. The molecule has 2 atom stereocenters. The number of aliphatic imine (C=N–C) groups is 1. The van der Waals surface area contributed by atoms with E-state index in [-0.39, 0.29) is 35.1 Å². The monoisotopic (exact) mass is 430 g/mol. The molecule has 0 aliphatic carbocycles. The lowest BCUT2D eigenvalue weighted by Crippen LogP contribution is -2.38. The smallest absolute Gasteiger partial charge is 0.252 e. The summed E-state index contributed by atoms with van der Waals surface area (Å²) in [6.07, 6.45) is 0.207. The van der Waals surface area contributed by atoms with Gasteiger partial charge in [0.15, 0.2) is 15.0 Å². The molecule has 2 saturated heterocycles. The summed E-state index contributed by atoms with van der Waals surface area (Å²) in [5.74, 6) is 0.519. The molecule has 2 fully saturated rings. The third-order valence-electron chi connectivity index (χ3n) is 5.07. The number of rotatable bonds is 4. The molecule has 6 nitrogen and oxygen atoms in total. The van der Waals surface area contributed by atoms with Gasteiger partial charge in [0.2, 0.25) is 0 Å². The molecule has 152 valence electrons. The summed E-state index contributed by atoms with van der Waals surface area (Å²) in [6, 6.07) is 14.9. The normalized spacial score (nSPS) is 23.9. The number of fused-ring (bicyclic) bond motifs is 1. The van der Waals surface area contributed by atoms with Gasteiger partial charge in [0.25, 0.3) is 5.91 Å². The summed E-state index contributed by atoms with van der Waals surface area (Å²) in [5.41, 5.74) is 2.73. The van der Waals surface area contributed by atoms with E-state index in [0.717, 1.165) is 16.8 Å². The highest BCUT2D eigenvalue weighted by molar-refractivity contribution is 8.16. The van der Waals surface area contributed by atoms with Gasteiger partial charge in [0.05, 0.1) is 36.8 Å². The van der Waals surface area contributed by atoms with Gasteiger partial charge in [-0.1, -0.05) is 53.7 Å². The average molecular weight is 431 g/mol. The van der Waals surface area contributed by atoms with Crippen LogP contribution in [0.1, 0.15) is 11.1 Å². The highest BCUT2D eigenvalue weighted by Crippen LogP contribution is 2.43. The first-order chi connectivity index (χ1) is 13.9. The molecule has 0 spiro atoms. The molecule has 2 aliphatic heterocycles. The van der Waals surface area contributed by atoms with Crippen LogP contribution in [0.15, 0.2) is 53.5 Å². The van der Waals surface area contributed by atoms with E-state index in [4.69, 9.17) is 4.74 Å². The Morgan fingerprint density at radius 1 is 1.21 bits per heavy atom. The minimum absolute atomic E-state index is 0.0494. The number of hydrogen-bond acceptors (Lipinski definition) is 5. The Morgan fingerprint density at radius 3 is 2.76 bits per heavy atom. The number of hydrogen-bond donors (Lipinski definition) is 0. The number of nitrogens with zero attached hydrogens (tertiary/aromatic N) is 2. The Labute approximate surface area is 174 Å². The zero-order chi connectivity index (χ0) is 20.6. The van der Waals surface area contributed by atoms with Gasteiger partial charge in [-0.3, -0.25) is 4.79 Å². The Balaban J connectivity index is 1.68. The number of methoxy groups -OCH3 is 1. The maximum Gasteiger partial charge on any atom is 0.252 e. The first kappa shape index (κ1) is 20.0. The molecular formula is C21H22N2O4S2. The number of carbonyl (C=O) groups is 1. The average Bonchev–Trinajstić information content (AvgIpc) is 3.12. The van der Waals surface area contributed by atoms with E-state index in [1.165, 1.54) is 11.8 Å². The van der Waals surface area contributed by atoms with Crippen LogP contribution >= 0.6 is 11.8 Å². The third kappa shape index (κ3) is 4.18. The predicted octanol–water partition coefficient (Wildman–Crippen LogP) is 2.85. The third-order valence-corrected chi connectivity index (χ3v) is 8.28. The fourth-order valence-corrected chi connectivity index (χ4v) is 7.74. The Kier molecular flexibility index (Phi) is 5.40. The Bertz CT molecular complexity index is 1080. The van der Waals surface area contributed by atoms with Crippen molar-refractivity contribution in [2.45, 2.75) is 24.6 Å². The number of anilines is 1. The number of carbonyl (C=O) groups excluding carboxylic acids is 1. The number of amides is 1. The molecule has 2 aromatic rings. The number of thioether (sulfide) groups is 1. The van der Waals surface area contributed by atoms with Crippen LogP contribution in [0.4, 0.5) is 5.69 Å². The second-order valence-electron chi connectivity index (χ2n) is 7.30. The fraction of sp³-hybridized carbons (Fsp3) is 0.333. The van der Waals surface area contributed by atoms with E-state index in [2.05, 4.69) is 4.99 Å². The van der Waals surface area contributed by atoms with Crippen molar-refractivity contribution in [1.29, 1.82) is 0 Å². The van der Waals surface area contributed by atoms with Gasteiger partial charge in [0.1, 0.15) is 5.75 Å². The van der Waals surface area contributed by atoms with Crippen molar-refractivity contribution in [3.8, 4) is 5.75 Å². The van der Waals surface area contributed by atoms with E-state index >= 15 is 0 Å². The lowest BCUT2D eigenvalue weighted by atomic mass is 10.1. The quantitative estimate of drug-likeness (QED) is 0.743. The molecule has 4 rings (SSSR count). The van der Waals surface area contributed by atoms with Crippen molar-refractivity contribution < 1.29 is 17.9 Å². The number of benzene rings is 2. The number of aryl methyl sites for hydroxylation is 1. The minimum Gasteiger partial charge on any atom is -0.495 e. The first-order valence-electron chi connectivity index (χ1n) is 9.33. The van der Waals surface area contributed by atoms with Gasteiger partial charge in [-0.2, -0.15) is 4.99 Å². The summed E-state index contributed by atoms with van der Waals surface area (Å²) in [7, 11) is -1.54. The summed E-state index contributed by atoms with van der Waals surface area (Å²) >= 11 is 1.37. The van der Waals surface area contributed by atoms with Crippen LogP contribution in [-0.2, 0) is 21.1 Å². The van der Waals surface area contributed by atoms with E-state index in [0.29, 0.717) is 10.9 Å². The van der Waals surface area contributed by atoms with Crippen LogP contribution in [0.3, 0.4) is 0 Å². The predicted molar refractivity (Wildman–Crippen MR) is 117 cm³/mol. The molecular weight excluding hydrogens is 408 g/mol. The van der Waals surface area contributed by atoms with Crippen molar-refractivity contribution >= 4 is 38.4 Å². The molecule has 0 bridgehead atoms. The lowest BCUT2D eigenvalue weighted by Gasteiger charge is -2.26. The van der Waals surface area contributed by atoms with Gasteiger partial charge in [-0.05, 0) is 24.6 Å². The Hall–Kier alpha value is -2.32. The van der Waals surface area contributed by atoms with E-state index in [1.54, 1.807) is 7.11 Å². The number of ether oxygens (including phenoxy) is 1. The van der Waals surface area contributed by atoms with Crippen LogP contribution in [-0.4, -0.2) is 49.4 Å². The summed E-state index contributed by atoms with van der Waals surface area (Å²) in [4.78, 5) is 18.9. The summed E-state index contributed by atoms with van der Waals surface area (Å²) in [5, 5.41) is 0.396. The molecule has 8 heteroatoms. The van der Waals surface area contributed by atoms with Gasteiger partial charge >= 0.3 is 0 Å². The van der Waals surface area contributed by atoms with Gasteiger partial charge in [0, 0.05) is 5.25 Å². The maximum absolute atomic E-state index is 12.7. The second-order valence-corrected chi connectivity index (χ2v) is 10.7. The van der Waals surface area contributed by atoms with Crippen LogP contribution < -0.4 is 9.64 Å². The Morgan fingerprint density at radius 2 is 2.00 bits per heavy atom. The highest BCUT2D eigenvalue weighted by atomic mass is 32.2. The van der Waals surface area contributed by atoms with Crippen LogP contribution in [0.25, 0.3) is 0 Å². The van der Waals surface area contributed by atoms with E-state index in [9.17, 15) is 13.2 Å². The molecule has 2 heterocycles. The zero-order valence-corrected chi connectivity index (χ0v) is 17.9. The van der Waals surface area contributed by atoms with Crippen LogP contribution in [0, 0.1) is 6.92 Å². The number of para-hydroxylation sites is 2. The van der Waals surface area contributed by atoms with Crippen molar-refractivity contribution in [2.75, 3.05) is 23.5 Å². The van der Waals surface area contributed by atoms with Crippen LogP contribution in [0.2, 0.25) is 0 Å². The van der Waals surface area contributed by atoms with Gasteiger partial charge in [-0.25, -0.2) is 8.42 Å². The molecule has 0 N–H and O–H groups in total. The maximum atomic E-state index is 12.7. The van der Waals surface area contributed by atoms with Crippen LogP contribution in [0.5, 0.6) is 5.75 Å². The molecule has 2 aromatic carbocycles. The molecule has 0 saturated carbocycles. The SMILES string of the molecule is COc1ccccc1N1C(=NC(=O)Cc2cccc(C)c2)S[C@H]2CS(=O)(=O)C[C@H]21. The number of amidine groups is 1. The first-order valence-corrected chi connectivity index (χ1v) is 12.0. The van der Waals surface area contributed by atoms with Gasteiger partial charge in [-0.15, -0.1) is 0 Å². The molecule has 0 radical (unpaired) electrons. The topological polar surface area (TPSA) is 76.0 Å². The molecule has 2 aliphatic rings. The molecule has 0 unspecified atom stereocenters. The molecule has 1 amide bonds. The second kappa shape index (κ2) is 7.84. The van der Waals surface area contributed by atoms with Crippen molar-refractivity contribution in [3.63, 3.8) is 0 Å². The summed E-state index contributed by atoms with van der Waals surface area (Å²) < 4.78 is 29.9. The fourth-order valence-electron chi connectivity index (χ4n) is 3.82. The minimum atomic E-state index is -3.11. The van der Waals surface area contributed by atoms with Crippen molar-refractivity contribution in [3.05, 3.63) is 59.7 Å². The lowest BCUT2D eigenvalue weighted by molar-refractivity contribution is -0.117. The molecule has 0 aromatic heterocycles. The largest absolute Gasteiger partial charge is 0.495 e. The standard InChI is InChI=1S/C21H22N2O4S2/c1-14-6-5-7-15(10-14)11-20(24)22-21-23(16-8-3-4-9-18(16)27-2)17-12-29(25,26)13-19(17)28-21/h3-10,17,19H,11-13H2,1-2H3/t17-,19+/m1/s1. The van der Waals surface area contributed by atoms with Gasteiger partial charge < -0.3 is 9.64 Å². The number of sulfone groups is 1. The van der Waals surface area contributed by atoms with E-state index in [1.807, 2.05) is 60.4 Å². The van der Waals surface area contributed by atoms with E-state index < -0.39 is 9.84 Å². The van der Waals surface area contributed by atoms with Crippen molar-refractivity contribution in [2.24, 2.45) is 4.99 Å². The van der Waals surface area contributed by atoms with Crippen molar-refractivity contribution in [1.82, 2.24) is 0 Å². The molecule has 29 heavy (non-hydrogen) atoms.